The van der Waals surface area contributed by atoms with E-state index in [1.807, 2.05) is 20.8 Å². The molecule has 2 N–H and O–H groups in total. The van der Waals surface area contributed by atoms with Crippen LogP contribution in [0.5, 0.6) is 0 Å². The summed E-state index contributed by atoms with van der Waals surface area (Å²) >= 11 is 0. The van der Waals surface area contributed by atoms with E-state index in [-0.39, 0.29) is 36.7 Å². The first-order valence-corrected chi connectivity index (χ1v) is 15.1. The van der Waals surface area contributed by atoms with Gasteiger partial charge in [0, 0.05) is 12.3 Å². The van der Waals surface area contributed by atoms with Gasteiger partial charge in [-0.2, -0.15) is 0 Å². The van der Waals surface area contributed by atoms with Crippen LogP contribution in [0, 0.1) is 0 Å². The van der Waals surface area contributed by atoms with E-state index in [9.17, 15) is 9.59 Å². The predicted octanol–water partition coefficient (Wildman–Crippen LogP) is 6.09. The zero-order chi connectivity index (χ0) is 29.0. The van der Waals surface area contributed by atoms with Crippen LogP contribution in [0.1, 0.15) is 97.5 Å². The van der Waals surface area contributed by atoms with Crippen molar-refractivity contribution in [2.24, 2.45) is 0 Å². The van der Waals surface area contributed by atoms with E-state index in [2.05, 4.69) is 17.6 Å². The first kappa shape index (κ1) is 32.3. The van der Waals surface area contributed by atoms with Gasteiger partial charge in [0.15, 0.2) is 12.1 Å². The van der Waals surface area contributed by atoms with Crippen LogP contribution >= 0.6 is 0 Å². The summed E-state index contributed by atoms with van der Waals surface area (Å²) in [4.78, 5) is 24.2. The van der Waals surface area contributed by atoms with Crippen molar-refractivity contribution < 1.29 is 33.3 Å². The molecule has 2 fully saturated rings. The summed E-state index contributed by atoms with van der Waals surface area (Å²) in [5, 5.41) is 5.79. The minimum atomic E-state index is -0.746. The van der Waals surface area contributed by atoms with Gasteiger partial charge in [-0.1, -0.05) is 76.8 Å². The van der Waals surface area contributed by atoms with Crippen molar-refractivity contribution in [2.45, 2.75) is 135 Å². The molecular weight excluding hydrogens is 512 g/mol. The van der Waals surface area contributed by atoms with Gasteiger partial charge in [0.25, 0.3) is 0 Å². The summed E-state index contributed by atoms with van der Waals surface area (Å²) in [5.74, 6) is -1.06. The van der Waals surface area contributed by atoms with Gasteiger partial charge in [-0.3, -0.25) is 4.79 Å². The second-order valence-electron chi connectivity index (χ2n) is 11.4. The van der Waals surface area contributed by atoms with Crippen LogP contribution in [0.2, 0.25) is 0 Å². The maximum absolute atomic E-state index is 12.7. The quantitative estimate of drug-likeness (QED) is 0.175. The third kappa shape index (κ3) is 10.3. The van der Waals surface area contributed by atoms with E-state index in [0.717, 1.165) is 18.4 Å². The molecule has 9 nitrogen and oxygen atoms in total. The average Bonchev–Trinajstić information content (AvgIpc) is 3.41. The van der Waals surface area contributed by atoms with Crippen LogP contribution in [0.3, 0.4) is 0 Å². The Kier molecular flexibility index (Phi) is 13.2. The smallest absolute Gasteiger partial charge is 0.319 e. The molecule has 9 heteroatoms. The molecule has 2 amide bonds. The molecule has 1 aromatic rings. The molecule has 0 saturated carbocycles. The van der Waals surface area contributed by atoms with Crippen molar-refractivity contribution in [2.75, 3.05) is 19.0 Å². The van der Waals surface area contributed by atoms with Gasteiger partial charge >= 0.3 is 12.0 Å². The van der Waals surface area contributed by atoms with E-state index >= 15 is 0 Å². The second kappa shape index (κ2) is 16.3. The van der Waals surface area contributed by atoms with Gasteiger partial charge in [-0.15, -0.1) is 0 Å². The molecular formula is C31H50N2O7. The van der Waals surface area contributed by atoms with Crippen LogP contribution in [0.15, 0.2) is 24.3 Å². The molecule has 226 valence electrons. The van der Waals surface area contributed by atoms with Crippen LogP contribution < -0.4 is 10.6 Å². The Balaban J connectivity index is 1.41. The van der Waals surface area contributed by atoms with Crippen molar-refractivity contribution in [1.82, 2.24) is 5.32 Å². The van der Waals surface area contributed by atoms with Crippen LogP contribution in [-0.2, 0) is 34.9 Å². The SMILES string of the molecule is CCCCCCCCCCCCO[C@H]1O[C@H]([C@H](C)NC(=O)Nc2ccc(CC(=O)OC)cc2)[C@@H]2OC(C)(C)O[C@H]12. The molecule has 3 rings (SSSR count). The number of fused-ring (bicyclic) bond motifs is 1. The van der Waals surface area contributed by atoms with Crippen LogP contribution in [0.4, 0.5) is 10.5 Å². The standard InChI is InChI=1S/C31H50N2O7/c1-6-7-8-9-10-11-12-13-14-15-20-37-29-28-27(39-31(3,4)40-28)26(38-29)22(2)32-30(35)33-24-18-16-23(17-19-24)21-25(34)36-5/h16-19,22,26-29H,6-15,20-21H2,1-5H3,(H2,32,33,35)/t22-,26+,27-,28-,29-/m0/s1. The lowest BCUT2D eigenvalue weighted by Gasteiger charge is -2.27. The highest BCUT2D eigenvalue weighted by atomic mass is 16.8. The molecule has 2 heterocycles. The highest BCUT2D eigenvalue weighted by molar-refractivity contribution is 5.89. The molecule has 0 radical (unpaired) electrons. The number of hydrogen-bond donors (Lipinski definition) is 2. The number of benzene rings is 1. The monoisotopic (exact) mass is 562 g/mol. The van der Waals surface area contributed by atoms with Crippen molar-refractivity contribution >= 4 is 17.7 Å². The number of carbonyl (C=O) groups is 2. The lowest BCUT2D eigenvalue weighted by Crippen LogP contribution is -2.48. The Morgan fingerprint density at radius 2 is 1.52 bits per heavy atom. The Labute approximate surface area is 240 Å². The first-order valence-electron chi connectivity index (χ1n) is 15.1. The lowest BCUT2D eigenvalue weighted by molar-refractivity contribution is -0.235. The van der Waals surface area contributed by atoms with E-state index in [1.165, 1.54) is 58.5 Å². The van der Waals surface area contributed by atoms with Crippen LogP contribution in [0.25, 0.3) is 0 Å². The number of urea groups is 1. The molecule has 2 saturated heterocycles. The van der Waals surface area contributed by atoms with Crippen molar-refractivity contribution in [3.05, 3.63) is 29.8 Å². The normalized spacial score (nSPS) is 23.9. The highest BCUT2D eigenvalue weighted by Gasteiger charge is 2.57. The summed E-state index contributed by atoms with van der Waals surface area (Å²) in [5.41, 5.74) is 1.42. The Morgan fingerprint density at radius 3 is 2.15 bits per heavy atom. The predicted molar refractivity (Wildman–Crippen MR) is 154 cm³/mol. The fraction of sp³-hybridized carbons (Fsp3) is 0.742. The Morgan fingerprint density at radius 1 is 0.925 bits per heavy atom. The van der Waals surface area contributed by atoms with Gasteiger partial charge in [0.05, 0.1) is 19.6 Å². The number of rotatable bonds is 17. The maximum atomic E-state index is 12.7. The van der Waals surface area contributed by atoms with Gasteiger partial charge in [-0.25, -0.2) is 4.79 Å². The van der Waals surface area contributed by atoms with E-state index in [0.29, 0.717) is 12.3 Å². The van der Waals surface area contributed by atoms with Gasteiger partial charge in [0.1, 0.15) is 18.3 Å². The van der Waals surface area contributed by atoms with Gasteiger partial charge in [0.2, 0.25) is 0 Å². The molecule has 2 aliphatic heterocycles. The summed E-state index contributed by atoms with van der Waals surface area (Å²) in [6, 6.07) is 6.35. The number of ether oxygens (including phenoxy) is 5. The summed E-state index contributed by atoms with van der Waals surface area (Å²) < 4.78 is 29.3. The summed E-state index contributed by atoms with van der Waals surface area (Å²) in [7, 11) is 1.36. The van der Waals surface area contributed by atoms with Crippen molar-refractivity contribution in [3.63, 3.8) is 0 Å². The third-order valence-corrected chi connectivity index (χ3v) is 7.47. The van der Waals surface area contributed by atoms with Crippen molar-refractivity contribution in [1.29, 1.82) is 0 Å². The number of amides is 2. The molecule has 0 unspecified atom stereocenters. The number of hydrogen-bond acceptors (Lipinski definition) is 7. The largest absolute Gasteiger partial charge is 0.469 e. The fourth-order valence-electron chi connectivity index (χ4n) is 5.32. The number of anilines is 1. The zero-order valence-electron chi connectivity index (χ0n) is 25.0. The number of carbonyl (C=O) groups excluding carboxylic acids is 2. The number of nitrogens with one attached hydrogen (secondary N) is 2. The molecule has 2 aliphatic rings. The van der Waals surface area contributed by atoms with Gasteiger partial charge < -0.3 is 34.3 Å². The Hall–Kier alpha value is -2.20. The lowest BCUT2D eigenvalue weighted by atomic mass is 10.1. The summed E-state index contributed by atoms with van der Waals surface area (Å²) in [6.45, 7) is 8.52. The van der Waals surface area contributed by atoms with E-state index in [4.69, 9.17) is 23.7 Å². The molecule has 0 spiro atoms. The fourth-order valence-corrected chi connectivity index (χ4v) is 5.32. The molecule has 5 atom stereocenters. The molecule has 0 bridgehead atoms. The number of methoxy groups -OCH3 is 1. The topological polar surface area (TPSA) is 104 Å². The molecule has 40 heavy (non-hydrogen) atoms. The third-order valence-electron chi connectivity index (χ3n) is 7.47. The number of esters is 1. The highest BCUT2D eigenvalue weighted by Crippen LogP contribution is 2.40. The molecule has 0 aliphatic carbocycles. The van der Waals surface area contributed by atoms with Crippen molar-refractivity contribution in [3.8, 4) is 0 Å². The number of unbranched alkanes of at least 4 members (excludes halogenated alkanes) is 9. The first-order chi connectivity index (χ1) is 19.2. The molecule has 1 aromatic carbocycles. The second-order valence-corrected chi connectivity index (χ2v) is 11.4. The minimum absolute atomic E-state index is 0.183. The van der Waals surface area contributed by atoms with Gasteiger partial charge in [-0.05, 0) is 44.9 Å². The Bertz CT molecular complexity index is 907. The zero-order valence-corrected chi connectivity index (χ0v) is 25.0. The minimum Gasteiger partial charge on any atom is -0.469 e. The summed E-state index contributed by atoms with van der Waals surface area (Å²) in [6.07, 6.45) is 11.2. The maximum Gasteiger partial charge on any atom is 0.319 e. The van der Waals surface area contributed by atoms with Crippen LogP contribution in [-0.4, -0.2) is 62.1 Å². The molecule has 0 aromatic heterocycles. The van der Waals surface area contributed by atoms with E-state index < -0.39 is 18.2 Å². The average molecular weight is 563 g/mol. The van der Waals surface area contributed by atoms with E-state index in [1.54, 1.807) is 24.3 Å².